The Balaban J connectivity index is 1.31. The fourth-order valence-electron chi connectivity index (χ4n) is 4.47. The summed E-state index contributed by atoms with van der Waals surface area (Å²) in [6.45, 7) is 4.35. The smallest absolute Gasteiger partial charge is 0.236 e. The van der Waals surface area contributed by atoms with Gasteiger partial charge in [-0.2, -0.15) is 0 Å². The van der Waals surface area contributed by atoms with Crippen LogP contribution in [-0.2, 0) is 4.79 Å². The molecule has 1 saturated heterocycles. The van der Waals surface area contributed by atoms with E-state index in [-0.39, 0.29) is 11.9 Å². The van der Waals surface area contributed by atoms with Crippen molar-refractivity contribution < 1.29 is 4.79 Å². The number of amides is 1. The summed E-state index contributed by atoms with van der Waals surface area (Å²) in [6.07, 6.45) is 10.5. The van der Waals surface area contributed by atoms with Gasteiger partial charge in [-0.25, -0.2) is 9.97 Å². The zero-order chi connectivity index (χ0) is 18.6. The molecule has 3 heterocycles. The zero-order valence-corrected chi connectivity index (χ0v) is 16.1. The van der Waals surface area contributed by atoms with Crippen molar-refractivity contribution in [1.29, 1.82) is 0 Å². The minimum Gasteiger partial charge on any atom is -0.365 e. The second-order valence-electron chi connectivity index (χ2n) is 8.14. The van der Waals surface area contributed by atoms with Gasteiger partial charge in [-0.05, 0) is 37.7 Å². The number of likely N-dealkylation sites (tertiary alicyclic amines) is 1. The van der Waals surface area contributed by atoms with Gasteiger partial charge in [-0.3, -0.25) is 4.79 Å². The molecule has 146 valence electrons. The maximum atomic E-state index is 12.7. The van der Waals surface area contributed by atoms with E-state index in [9.17, 15) is 4.79 Å². The molecule has 2 unspecified atom stereocenters. The summed E-state index contributed by atoms with van der Waals surface area (Å²) >= 11 is 0. The molecule has 1 aliphatic carbocycles. The van der Waals surface area contributed by atoms with Crippen molar-refractivity contribution in [3.8, 4) is 0 Å². The predicted molar refractivity (Wildman–Crippen MR) is 107 cm³/mol. The van der Waals surface area contributed by atoms with Crippen molar-refractivity contribution in [2.75, 3.05) is 25.0 Å². The van der Waals surface area contributed by atoms with Gasteiger partial charge in [0, 0.05) is 31.4 Å². The second kappa shape index (κ2) is 8.25. The molecule has 3 atom stereocenters. The molecular weight excluding hydrogens is 340 g/mol. The highest BCUT2D eigenvalue weighted by Crippen LogP contribution is 2.24. The van der Waals surface area contributed by atoms with E-state index in [1.807, 2.05) is 17.2 Å². The van der Waals surface area contributed by atoms with Crippen molar-refractivity contribution in [2.45, 2.75) is 57.5 Å². The van der Waals surface area contributed by atoms with Crippen LogP contribution in [0.1, 0.15) is 45.4 Å². The van der Waals surface area contributed by atoms with Gasteiger partial charge in [-0.15, -0.1) is 0 Å². The number of H-pyrrole nitrogens is 1. The average Bonchev–Trinajstić information content (AvgIpc) is 3.16. The molecule has 0 bridgehead atoms. The summed E-state index contributed by atoms with van der Waals surface area (Å²) in [7, 11) is 0. The second-order valence-corrected chi connectivity index (χ2v) is 8.14. The van der Waals surface area contributed by atoms with Crippen LogP contribution in [0.4, 0.5) is 5.82 Å². The van der Waals surface area contributed by atoms with E-state index in [0.29, 0.717) is 12.6 Å². The van der Waals surface area contributed by atoms with Crippen LogP contribution in [0, 0.1) is 5.92 Å². The Bertz CT molecular complexity index is 775. The summed E-state index contributed by atoms with van der Waals surface area (Å²) in [5.74, 6) is 1.83. The Hall–Kier alpha value is -2.15. The van der Waals surface area contributed by atoms with E-state index in [1.54, 1.807) is 6.33 Å². The van der Waals surface area contributed by atoms with Crippen LogP contribution in [0.15, 0.2) is 18.6 Å². The molecule has 7 heteroatoms. The molecule has 3 N–H and O–H groups in total. The van der Waals surface area contributed by atoms with Gasteiger partial charge in [0.2, 0.25) is 5.91 Å². The normalized spacial score (nSPS) is 26.3. The molecule has 2 aromatic heterocycles. The number of piperidine rings is 1. The Morgan fingerprint density at radius 3 is 3.04 bits per heavy atom. The fraction of sp³-hybridized carbons (Fsp3) is 0.650. The first-order chi connectivity index (χ1) is 13.2. The van der Waals surface area contributed by atoms with Gasteiger partial charge in [0.25, 0.3) is 0 Å². The first kappa shape index (κ1) is 18.2. The molecule has 0 radical (unpaired) electrons. The Kier molecular flexibility index (Phi) is 5.57. The first-order valence-electron chi connectivity index (χ1n) is 10.2. The van der Waals surface area contributed by atoms with E-state index in [1.165, 1.54) is 25.7 Å². The number of fused-ring (bicyclic) bond motifs is 1. The van der Waals surface area contributed by atoms with Crippen molar-refractivity contribution >= 4 is 22.8 Å². The van der Waals surface area contributed by atoms with Gasteiger partial charge < -0.3 is 20.5 Å². The standard InChI is InChI=1S/C20H30N6O/c1-14-4-2-5-15(10-14)22-11-18(27)26-9-3-6-16(12-26)25-20-17-7-8-21-19(17)23-13-24-20/h7-8,13-16,22H,2-6,9-12H2,1H3,(H2,21,23,24,25)/t14?,15?,16-/m0/s1. The monoisotopic (exact) mass is 370 g/mol. The maximum absolute atomic E-state index is 12.7. The van der Waals surface area contributed by atoms with Crippen LogP contribution < -0.4 is 10.6 Å². The number of nitrogens with zero attached hydrogens (tertiary/aromatic N) is 3. The largest absolute Gasteiger partial charge is 0.365 e. The van der Waals surface area contributed by atoms with E-state index in [4.69, 9.17) is 0 Å². The van der Waals surface area contributed by atoms with Crippen LogP contribution in [0.2, 0.25) is 0 Å². The van der Waals surface area contributed by atoms with Crippen LogP contribution in [0.3, 0.4) is 0 Å². The maximum Gasteiger partial charge on any atom is 0.236 e. The number of nitrogens with one attached hydrogen (secondary N) is 3. The van der Waals surface area contributed by atoms with Gasteiger partial charge in [0.15, 0.2) is 0 Å². The topological polar surface area (TPSA) is 85.9 Å². The number of hydrogen-bond acceptors (Lipinski definition) is 5. The lowest BCUT2D eigenvalue weighted by Crippen LogP contribution is -2.49. The van der Waals surface area contributed by atoms with Crippen LogP contribution in [0.25, 0.3) is 11.0 Å². The number of carbonyl (C=O) groups excluding carboxylic acids is 1. The average molecular weight is 371 g/mol. The predicted octanol–water partition coefficient (Wildman–Crippen LogP) is 2.53. The SMILES string of the molecule is CC1CCCC(NCC(=O)N2CCC[C@H](Nc3ncnc4[nH]ccc34)C2)C1. The van der Waals surface area contributed by atoms with Gasteiger partial charge >= 0.3 is 0 Å². The molecule has 2 fully saturated rings. The molecule has 1 saturated carbocycles. The van der Waals surface area contributed by atoms with Gasteiger partial charge in [-0.1, -0.05) is 19.8 Å². The highest BCUT2D eigenvalue weighted by atomic mass is 16.2. The number of aromatic amines is 1. The van der Waals surface area contributed by atoms with Crippen molar-refractivity contribution in [3.63, 3.8) is 0 Å². The first-order valence-corrected chi connectivity index (χ1v) is 10.2. The Morgan fingerprint density at radius 2 is 2.15 bits per heavy atom. The zero-order valence-electron chi connectivity index (χ0n) is 16.1. The highest BCUT2D eigenvalue weighted by molar-refractivity contribution is 5.86. The molecule has 0 spiro atoms. The lowest BCUT2D eigenvalue weighted by atomic mass is 9.87. The third kappa shape index (κ3) is 4.40. The van der Waals surface area contributed by atoms with Crippen molar-refractivity contribution in [3.05, 3.63) is 18.6 Å². The molecular formula is C20H30N6O. The Labute approximate surface area is 160 Å². The molecule has 1 amide bonds. The number of rotatable bonds is 5. The number of hydrogen-bond donors (Lipinski definition) is 3. The fourth-order valence-corrected chi connectivity index (χ4v) is 4.47. The highest BCUT2D eigenvalue weighted by Gasteiger charge is 2.25. The minimum atomic E-state index is 0.217. The summed E-state index contributed by atoms with van der Waals surface area (Å²) < 4.78 is 0. The van der Waals surface area contributed by atoms with Gasteiger partial charge in [0.1, 0.15) is 17.8 Å². The quantitative estimate of drug-likeness (QED) is 0.753. The van der Waals surface area contributed by atoms with Crippen LogP contribution in [-0.4, -0.2) is 57.5 Å². The van der Waals surface area contributed by atoms with Crippen molar-refractivity contribution in [1.82, 2.24) is 25.2 Å². The Morgan fingerprint density at radius 1 is 1.26 bits per heavy atom. The molecule has 2 aliphatic rings. The summed E-state index contributed by atoms with van der Waals surface area (Å²) in [5, 5.41) is 8.01. The van der Waals surface area contributed by atoms with E-state index < -0.39 is 0 Å². The minimum absolute atomic E-state index is 0.217. The van der Waals surface area contributed by atoms with E-state index >= 15 is 0 Å². The lowest BCUT2D eigenvalue weighted by Gasteiger charge is -2.34. The molecule has 2 aromatic rings. The van der Waals surface area contributed by atoms with E-state index in [2.05, 4.69) is 32.5 Å². The van der Waals surface area contributed by atoms with Crippen LogP contribution in [0.5, 0.6) is 0 Å². The third-order valence-electron chi connectivity index (χ3n) is 5.95. The summed E-state index contributed by atoms with van der Waals surface area (Å²) in [6, 6.07) is 2.71. The molecule has 7 nitrogen and oxygen atoms in total. The number of anilines is 1. The summed E-state index contributed by atoms with van der Waals surface area (Å²) in [5.41, 5.74) is 0.835. The third-order valence-corrected chi connectivity index (χ3v) is 5.95. The molecule has 1 aliphatic heterocycles. The molecule has 4 rings (SSSR count). The number of carbonyl (C=O) groups is 1. The lowest BCUT2D eigenvalue weighted by molar-refractivity contribution is -0.131. The van der Waals surface area contributed by atoms with Crippen LogP contribution >= 0.6 is 0 Å². The van der Waals surface area contributed by atoms with E-state index in [0.717, 1.165) is 48.7 Å². The molecule has 0 aromatic carbocycles. The molecule has 27 heavy (non-hydrogen) atoms. The van der Waals surface area contributed by atoms with Gasteiger partial charge in [0.05, 0.1) is 11.9 Å². The summed E-state index contributed by atoms with van der Waals surface area (Å²) in [4.78, 5) is 26.4. The van der Waals surface area contributed by atoms with Crippen molar-refractivity contribution in [2.24, 2.45) is 5.92 Å². The number of aromatic nitrogens is 3.